The van der Waals surface area contributed by atoms with E-state index >= 15 is 0 Å². The van der Waals surface area contributed by atoms with Gasteiger partial charge in [-0.25, -0.2) is 4.98 Å². The van der Waals surface area contributed by atoms with Gasteiger partial charge in [0.2, 0.25) is 5.95 Å². The minimum absolute atomic E-state index is 0.452. The Balaban J connectivity index is 1.26. The molecule has 9 nitrogen and oxygen atoms in total. The van der Waals surface area contributed by atoms with Gasteiger partial charge in [-0.2, -0.15) is 4.98 Å². The second-order valence-electron chi connectivity index (χ2n) is 10.7. The summed E-state index contributed by atoms with van der Waals surface area (Å²) in [5, 5.41) is 8.11. The first-order valence-corrected chi connectivity index (χ1v) is 16.5. The van der Waals surface area contributed by atoms with Crippen LogP contribution in [0, 0.1) is 0 Å². The lowest BCUT2D eigenvalue weighted by Crippen LogP contribution is -2.40. The Kier molecular flexibility index (Phi) is 7.86. The van der Waals surface area contributed by atoms with Crippen LogP contribution in [0.3, 0.4) is 0 Å². The van der Waals surface area contributed by atoms with Crippen molar-refractivity contribution in [3.05, 3.63) is 58.5 Å². The SMILES string of the molecule is COc1cc2c(cc1Nc1ncc(Br)c(Nc3ccc4nccnc4c3P(C)C)n1)CCN(C1CCN(C)C1)C2. The number of nitrogens with one attached hydrogen (secondary N) is 2. The normalized spacial score (nSPS) is 17.8. The van der Waals surface area contributed by atoms with Crippen molar-refractivity contribution in [1.82, 2.24) is 29.7 Å². The minimum atomic E-state index is -0.452. The molecule has 1 saturated heterocycles. The molecule has 4 aromatic rings. The second-order valence-corrected chi connectivity index (χ2v) is 13.8. The van der Waals surface area contributed by atoms with E-state index in [4.69, 9.17) is 9.72 Å². The van der Waals surface area contributed by atoms with E-state index in [1.165, 1.54) is 24.1 Å². The number of anilines is 4. The van der Waals surface area contributed by atoms with Crippen LogP contribution >= 0.6 is 23.9 Å². The van der Waals surface area contributed by atoms with Gasteiger partial charge in [0, 0.05) is 55.3 Å². The van der Waals surface area contributed by atoms with Crippen molar-refractivity contribution in [2.45, 2.75) is 25.4 Å². The molecule has 0 radical (unpaired) electrons. The van der Waals surface area contributed by atoms with E-state index in [0.717, 1.165) is 64.0 Å². The molecule has 0 spiro atoms. The number of fused-ring (bicyclic) bond motifs is 2. The molecule has 40 heavy (non-hydrogen) atoms. The van der Waals surface area contributed by atoms with Crippen molar-refractivity contribution < 1.29 is 4.74 Å². The zero-order chi connectivity index (χ0) is 27.8. The van der Waals surface area contributed by atoms with Gasteiger partial charge in [0.05, 0.1) is 28.3 Å². The van der Waals surface area contributed by atoms with Crippen molar-refractivity contribution in [3.8, 4) is 5.75 Å². The van der Waals surface area contributed by atoms with Crippen LogP contribution in [0.2, 0.25) is 0 Å². The van der Waals surface area contributed by atoms with E-state index in [1.807, 2.05) is 6.07 Å². The van der Waals surface area contributed by atoms with E-state index in [9.17, 15) is 0 Å². The molecule has 2 aliphatic heterocycles. The first kappa shape index (κ1) is 27.3. The van der Waals surface area contributed by atoms with Crippen LogP contribution in [-0.4, -0.2) is 82.9 Å². The molecule has 0 bridgehead atoms. The number of halogens is 1. The van der Waals surface area contributed by atoms with E-state index < -0.39 is 7.92 Å². The Hall–Kier alpha value is -2.91. The van der Waals surface area contributed by atoms with Crippen LogP contribution in [0.4, 0.5) is 23.1 Å². The van der Waals surface area contributed by atoms with E-state index in [0.29, 0.717) is 17.8 Å². The van der Waals surface area contributed by atoms with Crippen LogP contribution in [0.15, 0.2) is 47.3 Å². The molecular weight excluding hydrogens is 587 g/mol. The van der Waals surface area contributed by atoms with Gasteiger partial charge in [0.1, 0.15) is 11.6 Å². The fraction of sp³-hybridized carbons (Fsp3) is 0.379. The summed E-state index contributed by atoms with van der Waals surface area (Å²) in [5.74, 6) is 1.96. The molecule has 2 aromatic carbocycles. The summed E-state index contributed by atoms with van der Waals surface area (Å²) < 4.78 is 6.59. The molecular formula is C29H34BrN8OP. The highest BCUT2D eigenvalue weighted by Gasteiger charge is 2.29. The number of likely N-dealkylation sites (tertiary alicyclic amines) is 1. The van der Waals surface area contributed by atoms with Gasteiger partial charge < -0.3 is 20.3 Å². The van der Waals surface area contributed by atoms with Crippen LogP contribution in [0.5, 0.6) is 5.75 Å². The number of benzene rings is 2. The zero-order valence-corrected chi connectivity index (χ0v) is 25.8. The number of aromatic nitrogens is 4. The van der Waals surface area contributed by atoms with E-state index in [1.54, 1.807) is 25.7 Å². The summed E-state index contributed by atoms with van der Waals surface area (Å²) in [5.41, 5.74) is 6.34. The fourth-order valence-electron chi connectivity index (χ4n) is 5.74. The van der Waals surface area contributed by atoms with Crippen molar-refractivity contribution in [3.63, 3.8) is 0 Å². The number of methoxy groups -OCH3 is 1. The summed E-state index contributed by atoms with van der Waals surface area (Å²) in [4.78, 5) is 23.5. The van der Waals surface area contributed by atoms with Crippen molar-refractivity contribution in [2.75, 3.05) is 57.8 Å². The number of rotatable bonds is 7. The van der Waals surface area contributed by atoms with Gasteiger partial charge in [0.25, 0.3) is 0 Å². The highest BCUT2D eigenvalue weighted by atomic mass is 79.9. The number of nitrogens with zero attached hydrogens (tertiary/aromatic N) is 6. The molecule has 0 amide bonds. The first-order valence-electron chi connectivity index (χ1n) is 13.5. The Morgan fingerprint density at radius 1 is 1.02 bits per heavy atom. The molecule has 1 fully saturated rings. The third kappa shape index (κ3) is 5.50. The predicted molar refractivity (Wildman–Crippen MR) is 167 cm³/mol. The zero-order valence-electron chi connectivity index (χ0n) is 23.3. The molecule has 6 rings (SSSR count). The summed E-state index contributed by atoms with van der Waals surface area (Å²) >= 11 is 3.63. The molecule has 2 aromatic heterocycles. The Bertz CT molecular complexity index is 1550. The Morgan fingerprint density at radius 2 is 1.88 bits per heavy atom. The lowest BCUT2D eigenvalue weighted by Gasteiger charge is -2.34. The average Bonchev–Trinajstić information content (AvgIpc) is 3.40. The fourth-order valence-corrected chi connectivity index (χ4v) is 7.23. The molecule has 0 aliphatic carbocycles. The van der Waals surface area contributed by atoms with Gasteiger partial charge in [-0.15, -0.1) is 0 Å². The Morgan fingerprint density at radius 3 is 2.65 bits per heavy atom. The maximum absolute atomic E-state index is 5.81. The minimum Gasteiger partial charge on any atom is -0.495 e. The van der Waals surface area contributed by atoms with Crippen LogP contribution < -0.4 is 20.7 Å². The predicted octanol–water partition coefficient (Wildman–Crippen LogP) is 5.11. The maximum Gasteiger partial charge on any atom is 0.229 e. The number of hydrogen-bond donors (Lipinski definition) is 2. The standard InChI is InChI=1S/C29H34BrN8OP/c1-37-11-8-20(17-37)38-12-7-18-13-24(25(39-2)14-19(18)16-38)35-29-33-15-21(30)28(36-29)34-23-6-5-22-26(27(23)40(3)4)32-10-9-31-22/h5-6,9-10,13-15,20H,7-8,11-12,16-17H2,1-4H3,(H2,33,34,35,36). The largest absolute Gasteiger partial charge is 0.495 e. The molecule has 1 unspecified atom stereocenters. The Labute approximate surface area is 244 Å². The molecule has 2 N–H and O–H groups in total. The summed E-state index contributed by atoms with van der Waals surface area (Å²) in [6, 6.07) is 9.05. The topological polar surface area (TPSA) is 91.3 Å². The quantitative estimate of drug-likeness (QED) is 0.274. The lowest BCUT2D eigenvalue weighted by molar-refractivity contribution is 0.180. The first-order chi connectivity index (χ1) is 19.4. The number of ether oxygens (including phenoxy) is 1. The van der Waals surface area contributed by atoms with Crippen LogP contribution in [0.25, 0.3) is 11.0 Å². The molecule has 2 aliphatic rings. The van der Waals surface area contributed by atoms with Crippen LogP contribution in [-0.2, 0) is 13.0 Å². The summed E-state index contributed by atoms with van der Waals surface area (Å²) in [7, 11) is 3.48. The highest BCUT2D eigenvalue weighted by Crippen LogP contribution is 2.36. The average molecular weight is 622 g/mol. The maximum atomic E-state index is 5.81. The molecule has 4 heterocycles. The third-order valence-electron chi connectivity index (χ3n) is 7.75. The third-order valence-corrected chi connectivity index (χ3v) is 9.68. The van der Waals surface area contributed by atoms with Gasteiger partial charge >= 0.3 is 0 Å². The highest BCUT2D eigenvalue weighted by molar-refractivity contribution is 9.10. The van der Waals surface area contributed by atoms with E-state index in [2.05, 4.69) is 89.9 Å². The smallest absolute Gasteiger partial charge is 0.229 e. The number of hydrogen-bond acceptors (Lipinski definition) is 9. The molecule has 0 saturated carbocycles. The number of likely N-dealkylation sites (N-methyl/N-ethyl adjacent to an activating group) is 1. The molecule has 1 atom stereocenters. The van der Waals surface area contributed by atoms with Crippen molar-refractivity contribution in [1.29, 1.82) is 0 Å². The van der Waals surface area contributed by atoms with Crippen molar-refractivity contribution in [2.24, 2.45) is 0 Å². The van der Waals surface area contributed by atoms with Crippen LogP contribution in [0.1, 0.15) is 17.5 Å². The monoisotopic (exact) mass is 620 g/mol. The summed E-state index contributed by atoms with van der Waals surface area (Å²) in [6.07, 6.45) is 7.50. The van der Waals surface area contributed by atoms with Gasteiger partial charge in [-0.1, -0.05) is 7.92 Å². The van der Waals surface area contributed by atoms with Gasteiger partial charge in [0.15, 0.2) is 0 Å². The van der Waals surface area contributed by atoms with Gasteiger partial charge in [-0.05, 0) is 91.1 Å². The second kappa shape index (κ2) is 11.5. The molecule has 208 valence electrons. The van der Waals surface area contributed by atoms with E-state index in [-0.39, 0.29) is 0 Å². The van der Waals surface area contributed by atoms with Crippen molar-refractivity contribution >= 4 is 63.3 Å². The van der Waals surface area contributed by atoms with Gasteiger partial charge in [-0.3, -0.25) is 14.9 Å². The summed E-state index contributed by atoms with van der Waals surface area (Å²) in [6.45, 7) is 8.81. The molecule has 11 heteroatoms. The lowest BCUT2D eigenvalue weighted by atomic mass is 9.97.